The van der Waals surface area contributed by atoms with Crippen molar-refractivity contribution in [2.24, 2.45) is 11.8 Å². The summed E-state index contributed by atoms with van der Waals surface area (Å²) in [5.41, 5.74) is 1.19. The Hall–Kier alpha value is -3.84. The molecular weight excluding hydrogens is 671 g/mol. The Morgan fingerprint density at radius 3 is 2.47 bits per heavy atom. The first-order valence-corrected chi connectivity index (χ1v) is 19.2. The number of ketones is 1. The quantitative estimate of drug-likeness (QED) is 0.128. The normalized spacial score (nSPS) is 17.1. The number of benzene rings is 1. The summed E-state index contributed by atoms with van der Waals surface area (Å²) in [5, 5.41) is 18.2. The summed E-state index contributed by atoms with van der Waals surface area (Å²) in [4.78, 5) is 73.1. The van der Waals surface area contributed by atoms with Gasteiger partial charge in [0.2, 0.25) is 11.8 Å². The number of carbonyl (C=O) groups is 5. The molecule has 282 valence electrons. The van der Waals surface area contributed by atoms with Crippen LogP contribution in [0.3, 0.4) is 0 Å². The number of nitrogens with one attached hydrogen (secondary N) is 2. The number of phenolic OH excluding ortho intramolecular Hbond substituents is 1. The van der Waals surface area contributed by atoms with Gasteiger partial charge in [-0.15, -0.1) is 11.3 Å². The molecule has 51 heavy (non-hydrogen) atoms. The number of nitrogens with zero attached hydrogens (tertiary/aromatic N) is 3. The van der Waals surface area contributed by atoms with Crippen LogP contribution in [-0.2, 0) is 36.8 Å². The van der Waals surface area contributed by atoms with Gasteiger partial charge < -0.3 is 25.4 Å². The van der Waals surface area contributed by atoms with Crippen molar-refractivity contribution in [3.63, 3.8) is 0 Å². The highest BCUT2D eigenvalue weighted by atomic mass is 32.1. The van der Waals surface area contributed by atoms with E-state index in [0.717, 1.165) is 36.4 Å². The third kappa shape index (κ3) is 13.3. The summed E-state index contributed by atoms with van der Waals surface area (Å²) in [6, 6.07) is 5.40. The number of carbonyl (C=O) groups excluding carboxylic acids is 5. The molecule has 2 heterocycles. The smallest absolute Gasteiger partial charge is 0.307 e. The lowest BCUT2D eigenvalue weighted by Gasteiger charge is -2.35. The van der Waals surface area contributed by atoms with Crippen LogP contribution in [0, 0.1) is 11.8 Å². The van der Waals surface area contributed by atoms with Gasteiger partial charge in [-0.1, -0.05) is 52.7 Å². The van der Waals surface area contributed by atoms with Crippen molar-refractivity contribution in [1.29, 1.82) is 0 Å². The number of Topliss-reactive ketones (excluding diaryl/α,β-unsaturated/α-hetero) is 1. The molecule has 0 saturated carbocycles. The van der Waals surface area contributed by atoms with Gasteiger partial charge >= 0.3 is 5.97 Å². The lowest BCUT2D eigenvalue weighted by Crippen LogP contribution is -2.57. The van der Waals surface area contributed by atoms with E-state index in [0.29, 0.717) is 38.5 Å². The number of ether oxygens (including phenoxy) is 1. The van der Waals surface area contributed by atoms with Gasteiger partial charge in [0.1, 0.15) is 23.3 Å². The molecule has 3 amide bonds. The first-order chi connectivity index (χ1) is 24.3. The zero-order chi connectivity index (χ0) is 37.5. The number of aryl methyl sites for hydroxylation is 1. The molecule has 1 fully saturated rings. The first-order valence-electron chi connectivity index (χ1n) is 18.3. The Labute approximate surface area is 306 Å². The average Bonchev–Trinajstić information content (AvgIpc) is 3.58. The number of amides is 3. The summed E-state index contributed by atoms with van der Waals surface area (Å²) < 4.78 is 5.48. The summed E-state index contributed by atoms with van der Waals surface area (Å²) in [7, 11) is 1.93. The summed E-state index contributed by atoms with van der Waals surface area (Å²) in [6.45, 7) is 10.1. The van der Waals surface area contributed by atoms with Gasteiger partial charge in [0.15, 0.2) is 6.73 Å². The maximum absolute atomic E-state index is 14.0. The summed E-state index contributed by atoms with van der Waals surface area (Å²) in [5.74, 6) is -1.37. The SMILES string of the molecule is CCCC(=O)OCN(CCCc1nc(C(=O)N[C@@H](Cc2ccc(O)cc2)C[C@H](C)C(C)=O)cs1)C(=O)C(NC(=O)[C@H]1CCCCN1C)C(C)CC. The highest BCUT2D eigenvalue weighted by Crippen LogP contribution is 2.20. The molecule has 2 unspecified atom stereocenters. The first kappa shape index (κ1) is 41.6. The lowest BCUT2D eigenvalue weighted by atomic mass is 9.93. The number of phenols is 1. The largest absolute Gasteiger partial charge is 0.508 e. The summed E-state index contributed by atoms with van der Waals surface area (Å²) >= 11 is 1.35. The number of aromatic nitrogens is 1. The number of rotatable bonds is 20. The molecule has 2 aromatic rings. The predicted octanol–water partition coefficient (Wildman–Crippen LogP) is 4.88. The van der Waals surface area contributed by atoms with Gasteiger partial charge in [-0.2, -0.15) is 0 Å². The molecule has 0 spiro atoms. The minimum absolute atomic E-state index is 0.0400. The van der Waals surface area contributed by atoms with Crippen LogP contribution < -0.4 is 10.6 Å². The zero-order valence-corrected chi connectivity index (χ0v) is 31.9. The number of aromatic hydroxyl groups is 1. The molecule has 3 rings (SSSR count). The number of likely N-dealkylation sites (N-methyl/N-ethyl adjacent to an activating group) is 1. The van der Waals surface area contributed by atoms with Crippen molar-refractivity contribution in [1.82, 2.24) is 25.4 Å². The number of piperidine rings is 1. The van der Waals surface area contributed by atoms with Crippen molar-refractivity contribution >= 4 is 40.8 Å². The number of thiazole rings is 1. The van der Waals surface area contributed by atoms with E-state index in [9.17, 15) is 29.1 Å². The van der Waals surface area contributed by atoms with Crippen molar-refractivity contribution in [2.75, 3.05) is 26.9 Å². The van der Waals surface area contributed by atoms with Gasteiger partial charge in [-0.3, -0.25) is 28.9 Å². The second kappa shape index (κ2) is 20.9. The fraction of sp³-hybridized carbons (Fsp3) is 0.632. The van der Waals surface area contributed by atoms with Crippen LogP contribution in [-0.4, -0.2) is 94.4 Å². The van der Waals surface area contributed by atoms with Gasteiger partial charge in [-0.25, -0.2) is 4.98 Å². The maximum Gasteiger partial charge on any atom is 0.307 e. The highest BCUT2D eigenvalue weighted by molar-refractivity contribution is 7.09. The third-order valence-corrected chi connectivity index (χ3v) is 10.6. The molecule has 5 atom stereocenters. The van der Waals surface area contributed by atoms with Crippen LogP contribution in [0.1, 0.15) is 107 Å². The van der Waals surface area contributed by atoms with Gasteiger partial charge in [0.25, 0.3) is 5.91 Å². The second-order valence-electron chi connectivity index (χ2n) is 13.9. The summed E-state index contributed by atoms with van der Waals surface area (Å²) in [6.07, 6.45) is 6.22. The number of likely N-dealkylation sites (tertiary alicyclic amines) is 1. The Morgan fingerprint density at radius 1 is 1.10 bits per heavy atom. The molecule has 1 aromatic heterocycles. The Kier molecular flexibility index (Phi) is 17.0. The van der Waals surface area contributed by atoms with Crippen molar-refractivity contribution in [2.45, 2.75) is 117 Å². The standard InChI is InChI=1S/C38H57N5O7S/c1-7-12-34(46)50-24-43(38(49)35(25(3)8-2)41-37(48)32-13-9-10-19-42(32)6)20-11-14-33-40-31(23-51-33)36(47)39-29(21-26(4)27(5)44)22-28-15-17-30(45)18-16-28/h15-18,23,25-26,29,32,35,45H,7-14,19-22,24H2,1-6H3,(H,39,47)(H,41,48)/t25?,26-,29+,32+,35?/m0/s1. The van der Waals surface area contributed by atoms with E-state index in [1.807, 2.05) is 39.6 Å². The lowest BCUT2D eigenvalue weighted by molar-refractivity contribution is -0.155. The van der Waals surface area contributed by atoms with Gasteiger partial charge in [-0.05, 0) is 82.7 Å². The molecule has 1 saturated heterocycles. The topological polar surface area (TPSA) is 158 Å². The van der Waals surface area contributed by atoms with Crippen LogP contribution in [0.5, 0.6) is 5.75 Å². The van der Waals surface area contributed by atoms with E-state index in [2.05, 4.69) is 15.6 Å². The van der Waals surface area contributed by atoms with Crippen LogP contribution in [0.2, 0.25) is 0 Å². The molecule has 3 N–H and O–H groups in total. The van der Waals surface area contributed by atoms with Crippen molar-refractivity contribution in [3.05, 3.63) is 45.9 Å². The molecule has 0 radical (unpaired) electrons. The molecule has 1 aliphatic heterocycles. The van der Waals surface area contributed by atoms with Gasteiger partial charge in [0, 0.05) is 36.7 Å². The Balaban J connectivity index is 1.68. The predicted molar refractivity (Wildman–Crippen MR) is 197 cm³/mol. The maximum atomic E-state index is 14.0. The number of hydrogen-bond donors (Lipinski definition) is 3. The molecular formula is C38H57N5O7S. The zero-order valence-electron chi connectivity index (χ0n) is 31.1. The highest BCUT2D eigenvalue weighted by Gasteiger charge is 2.34. The molecule has 13 heteroatoms. The third-order valence-electron chi connectivity index (χ3n) is 9.69. The number of hydrogen-bond acceptors (Lipinski definition) is 10. The fourth-order valence-corrected chi connectivity index (χ4v) is 6.93. The Bertz CT molecular complexity index is 1450. The van der Waals surface area contributed by atoms with E-state index >= 15 is 0 Å². The molecule has 0 bridgehead atoms. The van der Waals surface area contributed by atoms with Crippen molar-refractivity contribution < 1.29 is 33.8 Å². The molecule has 0 aliphatic carbocycles. The number of esters is 1. The molecule has 1 aromatic carbocycles. The van der Waals surface area contributed by atoms with E-state index in [4.69, 9.17) is 4.74 Å². The molecule has 12 nitrogen and oxygen atoms in total. The minimum Gasteiger partial charge on any atom is -0.508 e. The molecule has 1 aliphatic rings. The van der Waals surface area contributed by atoms with Gasteiger partial charge in [0.05, 0.1) is 11.0 Å². The average molecular weight is 728 g/mol. The Morgan fingerprint density at radius 2 is 1.82 bits per heavy atom. The monoisotopic (exact) mass is 727 g/mol. The minimum atomic E-state index is -0.766. The van der Waals surface area contributed by atoms with E-state index in [-0.39, 0.29) is 84.5 Å². The van der Waals surface area contributed by atoms with E-state index in [1.165, 1.54) is 23.2 Å². The van der Waals surface area contributed by atoms with Crippen molar-refractivity contribution in [3.8, 4) is 5.75 Å². The van der Waals surface area contributed by atoms with Crippen LogP contribution in [0.4, 0.5) is 0 Å². The van der Waals surface area contributed by atoms with Crippen LogP contribution >= 0.6 is 11.3 Å². The van der Waals surface area contributed by atoms with E-state index < -0.39 is 6.04 Å². The fourth-order valence-electron chi connectivity index (χ4n) is 6.11. The second-order valence-corrected chi connectivity index (χ2v) is 14.8. The van der Waals surface area contributed by atoms with E-state index in [1.54, 1.807) is 29.6 Å². The van der Waals surface area contributed by atoms with Crippen LogP contribution in [0.15, 0.2) is 29.6 Å². The van der Waals surface area contributed by atoms with Crippen LogP contribution in [0.25, 0.3) is 0 Å².